The van der Waals surface area contributed by atoms with Gasteiger partial charge in [0, 0.05) is 31.3 Å². The zero-order valence-corrected chi connectivity index (χ0v) is 25.1. The van der Waals surface area contributed by atoms with Crippen molar-refractivity contribution in [2.75, 3.05) is 26.2 Å². The van der Waals surface area contributed by atoms with E-state index in [-0.39, 0.29) is 36.9 Å². The molecule has 218 valence electrons. The molecule has 2 fully saturated rings. The van der Waals surface area contributed by atoms with Gasteiger partial charge in [-0.1, -0.05) is 31.9 Å². The van der Waals surface area contributed by atoms with Gasteiger partial charge in [0.25, 0.3) is 0 Å². The highest BCUT2D eigenvalue weighted by molar-refractivity contribution is 5.85. The molecule has 2 aromatic rings. The van der Waals surface area contributed by atoms with E-state index in [0.29, 0.717) is 25.0 Å². The van der Waals surface area contributed by atoms with E-state index in [1.54, 1.807) is 0 Å². The maximum absolute atomic E-state index is 11.6. The number of rotatable bonds is 12. The van der Waals surface area contributed by atoms with Gasteiger partial charge in [-0.25, -0.2) is 0 Å². The fourth-order valence-electron chi connectivity index (χ4n) is 5.23. The predicted molar refractivity (Wildman–Crippen MR) is 159 cm³/mol. The molecule has 0 amide bonds. The molecule has 0 unspecified atom stereocenters. The van der Waals surface area contributed by atoms with E-state index < -0.39 is 0 Å². The molecule has 9 heteroatoms. The highest BCUT2D eigenvalue weighted by Gasteiger charge is 2.22. The normalized spacial score (nSPS) is 16.6. The Morgan fingerprint density at radius 1 is 0.923 bits per heavy atom. The van der Waals surface area contributed by atoms with Crippen LogP contribution in [0.1, 0.15) is 83.7 Å². The quantitative estimate of drug-likeness (QED) is 0.254. The second kappa shape index (κ2) is 17.6. The summed E-state index contributed by atoms with van der Waals surface area (Å²) >= 11 is 0. The van der Waals surface area contributed by atoms with Gasteiger partial charge in [0.2, 0.25) is 5.88 Å². The molecular formula is C30H45Cl2N3O4. The molecule has 0 radical (unpaired) electrons. The largest absolute Gasteiger partial charge is 0.490 e. The van der Waals surface area contributed by atoms with Crippen LogP contribution in [-0.2, 0) is 16.0 Å². The number of aryl methyl sites for hydroxylation is 1. The molecule has 39 heavy (non-hydrogen) atoms. The maximum Gasteiger partial charge on any atom is 0.307 e. The number of nitrogens with zero attached hydrogens (tertiary/aromatic N) is 3. The lowest BCUT2D eigenvalue weighted by atomic mass is 9.97. The number of esters is 1. The third-order valence-electron chi connectivity index (χ3n) is 7.39. The first-order valence-corrected chi connectivity index (χ1v) is 14.3. The van der Waals surface area contributed by atoms with E-state index in [4.69, 9.17) is 14.2 Å². The molecule has 4 rings (SSSR count). The number of hydrogen-bond donors (Lipinski definition) is 0. The average Bonchev–Trinajstić information content (AvgIpc) is 2.93. The summed E-state index contributed by atoms with van der Waals surface area (Å²) in [6.45, 7) is 7.02. The molecule has 7 nitrogen and oxygen atoms in total. The van der Waals surface area contributed by atoms with Crippen LogP contribution in [-0.4, -0.2) is 59.5 Å². The van der Waals surface area contributed by atoms with Gasteiger partial charge < -0.3 is 19.1 Å². The van der Waals surface area contributed by atoms with Gasteiger partial charge in [-0.15, -0.1) is 29.9 Å². The number of halogens is 2. The third-order valence-corrected chi connectivity index (χ3v) is 7.39. The molecule has 1 saturated carbocycles. The topological polar surface area (TPSA) is 73.8 Å². The summed E-state index contributed by atoms with van der Waals surface area (Å²) in [6.07, 6.45) is 12.0. The van der Waals surface area contributed by atoms with E-state index in [2.05, 4.69) is 52.4 Å². The third kappa shape index (κ3) is 10.4. The molecule has 1 saturated heterocycles. The monoisotopic (exact) mass is 581 g/mol. The van der Waals surface area contributed by atoms with Crippen molar-refractivity contribution >= 4 is 30.8 Å². The Hall–Kier alpha value is -2.09. The lowest BCUT2D eigenvalue weighted by molar-refractivity contribution is -0.143. The molecule has 1 aromatic carbocycles. The highest BCUT2D eigenvalue weighted by Crippen LogP contribution is 2.30. The molecule has 0 bridgehead atoms. The predicted octanol–water partition coefficient (Wildman–Crippen LogP) is 6.84. The number of benzene rings is 1. The number of unbranched alkanes of at least 4 members (excludes halogenated alkanes) is 1. The van der Waals surface area contributed by atoms with Crippen molar-refractivity contribution in [3.05, 3.63) is 36.0 Å². The van der Waals surface area contributed by atoms with Gasteiger partial charge in [0.05, 0.1) is 24.8 Å². The number of ether oxygens (including phenoxy) is 3. The molecular weight excluding hydrogens is 537 g/mol. The van der Waals surface area contributed by atoms with Gasteiger partial charge in [-0.2, -0.15) is 5.10 Å². The minimum atomic E-state index is -0.125. The van der Waals surface area contributed by atoms with Crippen LogP contribution < -0.4 is 9.47 Å². The maximum atomic E-state index is 11.6. The minimum Gasteiger partial charge on any atom is -0.490 e. The zero-order chi connectivity index (χ0) is 25.9. The summed E-state index contributed by atoms with van der Waals surface area (Å²) in [5.41, 5.74) is 3.23. The number of aromatic nitrogens is 2. The smallest absolute Gasteiger partial charge is 0.307 e. The molecule has 2 aliphatic rings. The van der Waals surface area contributed by atoms with E-state index in [9.17, 15) is 4.79 Å². The summed E-state index contributed by atoms with van der Waals surface area (Å²) in [4.78, 5) is 14.0. The minimum absolute atomic E-state index is 0. The van der Waals surface area contributed by atoms with Crippen molar-refractivity contribution in [3.63, 3.8) is 0 Å². The Labute approximate surface area is 246 Å². The Bertz CT molecular complexity index is 979. The Kier molecular flexibility index (Phi) is 14.9. The summed E-state index contributed by atoms with van der Waals surface area (Å²) in [5, 5.41) is 9.02. The van der Waals surface area contributed by atoms with Crippen LogP contribution in [0.3, 0.4) is 0 Å². The zero-order valence-electron chi connectivity index (χ0n) is 23.4. The van der Waals surface area contributed by atoms with Gasteiger partial charge in [0.15, 0.2) is 0 Å². The number of piperidine rings is 1. The van der Waals surface area contributed by atoms with Crippen LogP contribution in [0.5, 0.6) is 11.6 Å². The number of likely N-dealkylation sites (tertiary alicyclic amines) is 1. The van der Waals surface area contributed by atoms with E-state index in [1.165, 1.54) is 19.3 Å². The van der Waals surface area contributed by atoms with Crippen molar-refractivity contribution in [2.24, 2.45) is 0 Å². The van der Waals surface area contributed by atoms with Crippen LogP contribution >= 0.6 is 24.8 Å². The van der Waals surface area contributed by atoms with Crippen molar-refractivity contribution in [1.82, 2.24) is 15.1 Å². The Balaban J connectivity index is 0.00000267. The Morgan fingerprint density at radius 2 is 1.62 bits per heavy atom. The van der Waals surface area contributed by atoms with Crippen molar-refractivity contribution in [3.8, 4) is 22.8 Å². The summed E-state index contributed by atoms with van der Waals surface area (Å²) in [6, 6.07) is 10.5. The lowest BCUT2D eigenvalue weighted by Crippen LogP contribution is -2.39. The van der Waals surface area contributed by atoms with Gasteiger partial charge in [0.1, 0.15) is 11.9 Å². The molecule has 1 aromatic heterocycles. The first-order valence-electron chi connectivity index (χ1n) is 14.3. The van der Waals surface area contributed by atoms with Crippen LogP contribution in [0.4, 0.5) is 0 Å². The summed E-state index contributed by atoms with van der Waals surface area (Å²) in [7, 11) is 0. The fourth-order valence-corrected chi connectivity index (χ4v) is 5.23. The van der Waals surface area contributed by atoms with Crippen LogP contribution in [0.25, 0.3) is 11.1 Å². The highest BCUT2D eigenvalue weighted by atomic mass is 35.5. The fraction of sp³-hybridized carbons (Fsp3) is 0.633. The first kappa shape index (κ1) is 33.1. The molecule has 0 spiro atoms. The second-order valence-corrected chi connectivity index (χ2v) is 10.3. The Morgan fingerprint density at radius 3 is 2.28 bits per heavy atom. The van der Waals surface area contributed by atoms with Gasteiger partial charge in [-0.3, -0.25) is 4.79 Å². The van der Waals surface area contributed by atoms with Gasteiger partial charge >= 0.3 is 5.97 Å². The second-order valence-electron chi connectivity index (χ2n) is 10.3. The molecule has 0 N–H and O–H groups in total. The summed E-state index contributed by atoms with van der Waals surface area (Å²) < 4.78 is 17.6. The van der Waals surface area contributed by atoms with E-state index >= 15 is 0 Å². The average molecular weight is 583 g/mol. The molecule has 1 aliphatic heterocycles. The number of carbonyl (C=O) groups is 1. The molecule has 1 aliphatic carbocycles. The van der Waals surface area contributed by atoms with Crippen LogP contribution in [0.15, 0.2) is 30.3 Å². The van der Waals surface area contributed by atoms with Crippen molar-refractivity contribution in [1.29, 1.82) is 0 Å². The lowest BCUT2D eigenvalue weighted by Gasteiger charge is -2.31. The van der Waals surface area contributed by atoms with Crippen LogP contribution in [0.2, 0.25) is 0 Å². The first-order chi connectivity index (χ1) is 18.1. The summed E-state index contributed by atoms with van der Waals surface area (Å²) in [5.74, 6) is 1.40. The van der Waals surface area contributed by atoms with E-state index in [0.717, 1.165) is 87.2 Å². The van der Waals surface area contributed by atoms with Crippen LogP contribution in [0, 0.1) is 0 Å². The van der Waals surface area contributed by atoms with Gasteiger partial charge in [-0.05, 0) is 76.0 Å². The molecule has 0 atom stereocenters. The van der Waals surface area contributed by atoms with E-state index in [1.807, 2.05) is 6.92 Å². The number of hydrogen-bond acceptors (Lipinski definition) is 7. The van der Waals surface area contributed by atoms with Crippen molar-refractivity contribution in [2.45, 2.75) is 96.7 Å². The van der Waals surface area contributed by atoms with Crippen molar-refractivity contribution < 1.29 is 19.0 Å². The standard InChI is InChI=1S/C30H43N3O4.2ClH/c1-3-5-11-28-27(23-12-14-25(15-13-23)36-24-9-7-6-8-10-24)22-29(32-31-28)37-26-16-19-33(20-17-26)21-18-30(34)35-4-2;;/h12-15,22,24,26H,3-11,16-21H2,1-2H3;2*1H. The SMILES string of the molecule is CCCCc1nnc(OC2CCN(CCC(=O)OCC)CC2)cc1-c1ccc(OC2CCCCC2)cc1.Cl.Cl. The number of carbonyl (C=O) groups excluding carboxylic acids is 1. The molecule has 2 heterocycles.